The van der Waals surface area contributed by atoms with Gasteiger partial charge >= 0.3 is 0 Å². The Morgan fingerprint density at radius 1 is 1.26 bits per heavy atom. The predicted molar refractivity (Wildman–Crippen MR) is 82.5 cm³/mol. The Bertz CT molecular complexity index is 467. The summed E-state index contributed by atoms with van der Waals surface area (Å²) in [5, 5.41) is 2.80. The molecule has 0 bridgehead atoms. The van der Waals surface area contributed by atoms with E-state index in [9.17, 15) is 4.79 Å². The lowest BCUT2D eigenvalue weighted by molar-refractivity contribution is 0.0977. The number of hydrogen-bond donors (Lipinski definition) is 1. The Labute approximate surface area is 119 Å². The average Bonchev–Trinajstić information content (AvgIpc) is 2.40. The number of aliphatic imine (C=N–C) groups is 1. The lowest BCUT2D eigenvalue weighted by Crippen LogP contribution is -2.33. The number of thiocarbonyl (C=S) groups is 1. The summed E-state index contributed by atoms with van der Waals surface area (Å²) in [6.07, 6.45) is 0. The normalized spacial score (nSPS) is 11.0. The summed E-state index contributed by atoms with van der Waals surface area (Å²) in [5.41, 5.74) is 0.570. The third kappa shape index (κ3) is 4.79. The lowest BCUT2D eigenvalue weighted by atomic mass is 10.2. The zero-order chi connectivity index (χ0) is 14.3. The van der Waals surface area contributed by atoms with E-state index >= 15 is 0 Å². The molecule has 0 atom stereocenters. The molecule has 0 saturated carbocycles. The number of carbonyl (C=O) groups excluding carboxylic acids is 1. The van der Waals surface area contributed by atoms with Crippen LogP contribution in [0.4, 0.5) is 0 Å². The quantitative estimate of drug-likeness (QED) is 0.524. The predicted octanol–water partition coefficient (Wildman–Crippen LogP) is 2.46. The number of benzene rings is 1. The van der Waals surface area contributed by atoms with Crippen molar-refractivity contribution >= 4 is 29.1 Å². The highest BCUT2D eigenvalue weighted by molar-refractivity contribution is 7.80. The Hall–Kier alpha value is -1.75. The molecule has 5 heteroatoms. The lowest BCUT2D eigenvalue weighted by Gasteiger charge is -2.20. The highest BCUT2D eigenvalue weighted by Crippen LogP contribution is 1.98. The highest BCUT2D eigenvalue weighted by atomic mass is 32.1. The summed E-state index contributed by atoms with van der Waals surface area (Å²) in [6.45, 7) is 7.71. The van der Waals surface area contributed by atoms with Crippen LogP contribution in [0, 0.1) is 0 Å². The van der Waals surface area contributed by atoms with Gasteiger partial charge in [0, 0.05) is 18.7 Å². The van der Waals surface area contributed by atoms with Crippen LogP contribution >= 0.6 is 12.2 Å². The van der Waals surface area contributed by atoms with E-state index in [0.717, 1.165) is 18.9 Å². The van der Waals surface area contributed by atoms with E-state index in [1.54, 1.807) is 12.1 Å². The number of carbonyl (C=O) groups is 1. The summed E-state index contributed by atoms with van der Waals surface area (Å²) in [5.74, 6) is 0.574. The molecular weight excluding hydrogens is 258 g/mol. The molecule has 0 radical (unpaired) electrons. The molecule has 0 aliphatic heterocycles. The molecule has 1 aromatic carbocycles. The van der Waals surface area contributed by atoms with Crippen LogP contribution in [-0.4, -0.2) is 34.8 Å². The van der Waals surface area contributed by atoms with E-state index < -0.39 is 0 Å². The van der Waals surface area contributed by atoms with E-state index in [1.807, 2.05) is 39.0 Å². The largest absolute Gasteiger partial charge is 0.361 e. The fourth-order valence-corrected chi connectivity index (χ4v) is 1.91. The first-order chi connectivity index (χ1) is 9.08. The monoisotopic (exact) mass is 277 g/mol. The number of nitrogens with one attached hydrogen (secondary N) is 1. The summed E-state index contributed by atoms with van der Waals surface area (Å²) >= 11 is 5.08. The standard InChI is InChI=1S/C14H19N3OS/c1-4-17(5-2)11(3)15-14(19)16-13(18)12-9-7-6-8-10-12/h6-10H,4-5H2,1-3H3,(H,16,18,19). The molecule has 19 heavy (non-hydrogen) atoms. The maximum atomic E-state index is 11.9. The van der Waals surface area contributed by atoms with E-state index in [2.05, 4.69) is 15.2 Å². The van der Waals surface area contributed by atoms with E-state index in [-0.39, 0.29) is 11.0 Å². The molecule has 1 N–H and O–H groups in total. The Balaban J connectivity index is 2.65. The van der Waals surface area contributed by atoms with Crippen LogP contribution in [0.1, 0.15) is 31.1 Å². The molecule has 0 spiro atoms. The molecular formula is C14H19N3OS. The van der Waals surface area contributed by atoms with E-state index in [1.165, 1.54) is 0 Å². The Morgan fingerprint density at radius 2 is 1.84 bits per heavy atom. The first-order valence-electron chi connectivity index (χ1n) is 6.29. The fourth-order valence-electron chi connectivity index (χ4n) is 1.69. The minimum Gasteiger partial charge on any atom is -0.361 e. The minimum atomic E-state index is -0.235. The van der Waals surface area contributed by atoms with Crippen LogP contribution in [0.25, 0.3) is 0 Å². The fraction of sp³-hybridized carbons (Fsp3) is 0.357. The zero-order valence-corrected chi connectivity index (χ0v) is 12.3. The van der Waals surface area contributed by atoms with Gasteiger partial charge in [-0.1, -0.05) is 18.2 Å². The molecule has 4 nitrogen and oxygen atoms in total. The van der Waals surface area contributed by atoms with Crippen LogP contribution < -0.4 is 5.32 Å². The van der Waals surface area contributed by atoms with Gasteiger partial charge in [-0.2, -0.15) is 0 Å². The van der Waals surface area contributed by atoms with Crippen molar-refractivity contribution in [3.63, 3.8) is 0 Å². The molecule has 0 fully saturated rings. The Kier molecular flexibility index (Phi) is 6.15. The van der Waals surface area contributed by atoms with Gasteiger partial charge in [-0.05, 0) is 45.1 Å². The second-order valence-corrected chi connectivity index (χ2v) is 4.34. The Morgan fingerprint density at radius 3 is 2.37 bits per heavy atom. The molecule has 0 saturated heterocycles. The number of hydrogen-bond acceptors (Lipinski definition) is 2. The van der Waals surface area contributed by atoms with Crippen LogP contribution in [0.15, 0.2) is 35.3 Å². The van der Waals surface area contributed by atoms with Gasteiger partial charge in [0.15, 0.2) is 0 Å². The molecule has 1 aromatic rings. The molecule has 0 heterocycles. The maximum absolute atomic E-state index is 11.9. The van der Waals surface area contributed by atoms with E-state index in [4.69, 9.17) is 12.2 Å². The van der Waals surface area contributed by atoms with Crippen molar-refractivity contribution in [2.24, 2.45) is 4.99 Å². The molecule has 1 amide bonds. The minimum absolute atomic E-state index is 0.193. The van der Waals surface area contributed by atoms with Gasteiger partial charge in [0.05, 0.1) is 0 Å². The second kappa shape index (κ2) is 7.63. The second-order valence-electron chi connectivity index (χ2n) is 3.96. The molecule has 0 aliphatic carbocycles. The van der Waals surface area contributed by atoms with Crippen molar-refractivity contribution in [3.8, 4) is 0 Å². The SMILES string of the molecule is CCN(CC)C(C)=NC(=S)NC(=O)c1ccccc1. The summed E-state index contributed by atoms with van der Waals surface area (Å²) in [7, 11) is 0. The molecule has 0 unspecified atom stereocenters. The highest BCUT2D eigenvalue weighted by Gasteiger charge is 2.07. The first-order valence-corrected chi connectivity index (χ1v) is 6.69. The van der Waals surface area contributed by atoms with Crippen molar-refractivity contribution in [2.45, 2.75) is 20.8 Å². The van der Waals surface area contributed by atoms with Crippen LogP contribution in [-0.2, 0) is 0 Å². The van der Waals surface area contributed by atoms with E-state index in [0.29, 0.717) is 5.56 Å². The molecule has 0 aliphatic rings. The third-order valence-corrected chi connectivity index (χ3v) is 2.93. The van der Waals surface area contributed by atoms with Crippen molar-refractivity contribution < 1.29 is 4.79 Å². The summed E-state index contributed by atoms with van der Waals surface area (Å²) in [4.78, 5) is 18.2. The molecule has 0 aromatic heterocycles. The van der Waals surface area contributed by atoms with Gasteiger partial charge in [-0.3, -0.25) is 10.1 Å². The molecule has 1 rings (SSSR count). The van der Waals surface area contributed by atoms with Gasteiger partial charge in [-0.15, -0.1) is 0 Å². The first kappa shape index (κ1) is 15.3. The van der Waals surface area contributed by atoms with Crippen molar-refractivity contribution in [3.05, 3.63) is 35.9 Å². The summed E-state index contributed by atoms with van der Waals surface area (Å²) in [6, 6.07) is 8.94. The number of amides is 1. The third-order valence-electron chi connectivity index (χ3n) is 2.74. The van der Waals surface area contributed by atoms with Gasteiger partial charge < -0.3 is 4.90 Å². The van der Waals surface area contributed by atoms with Crippen molar-refractivity contribution in [1.29, 1.82) is 0 Å². The van der Waals surface area contributed by atoms with Gasteiger partial charge in [-0.25, -0.2) is 4.99 Å². The van der Waals surface area contributed by atoms with Crippen molar-refractivity contribution in [2.75, 3.05) is 13.1 Å². The number of amidine groups is 1. The topological polar surface area (TPSA) is 44.7 Å². The smallest absolute Gasteiger partial charge is 0.257 e. The van der Waals surface area contributed by atoms with Gasteiger partial charge in [0.1, 0.15) is 5.84 Å². The van der Waals surface area contributed by atoms with Crippen LogP contribution in [0.3, 0.4) is 0 Å². The van der Waals surface area contributed by atoms with Gasteiger partial charge in [0.25, 0.3) is 5.91 Å². The van der Waals surface area contributed by atoms with Crippen LogP contribution in [0.2, 0.25) is 0 Å². The van der Waals surface area contributed by atoms with Crippen LogP contribution in [0.5, 0.6) is 0 Å². The number of rotatable bonds is 3. The average molecular weight is 277 g/mol. The molecule has 102 valence electrons. The number of nitrogens with zero attached hydrogens (tertiary/aromatic N) is 2. The van der Waals surface area contributed by atoms with Gasteiger partial charge in [0.2, 0.25) is 5.11 Å². The summed E-state index contributed by atoms with van der Waals surface area (Å²) < 4.78 is 0. The zero-order valence-electron chi connectivity index (χ0n) is 11.5. The maximum Gasteiger partial charge on any atom is 0.257 e. The van der Waals surface area contributed by atoms with Crippen molar-refractivity contribution in [1.82, 2.24) is 10.2 Å².